The van der Waals surface area contributed by atoms with Gasteiger partial charge in [0.15, 0.2) is 0 Å². The van der Waals surface area contributed by atoms with Crippen molar-refractivity contribution in [1.82, 2.24) is 15.5 Å². The second kappa shape index (κ2) is 33.1. The fraction of sp³-hybridized carbons (Fsp3) is 0.838. The molecule has 0 saturated carbocycles. The average Bonchev–Trinajstić information content (AvgIpc) is 3.49. The van der Waals surface area contributed by atoms with E-state index in [0.29, 0.717) is 12.2 Å². The molecule has 0 radical (unpaired) electrons. The highest BCUT2D eigenvalue weighted by Crippen LogP contribution is 2.21. The van der Waals surface area contributed by atoms with Gasteiger partial charge in [-0.3, -0.25) is 4.90 Å². The number of carbonyl (C=O) groups is 2. The molecule has 6 nitrogen and oxygen atoms in total. The number of anilines is 1. The SMILES string of the molecule is CCCC(CCC(C)CC)N1CCNCC1.CCCC=O.CCCc1cscc1NC.CNCCC(C)CCCCC(C)=O. The van der Waals surface area contributed by atoms with Crippen molar-refractivity contribution in [2.24, 2.45) is 11.8 Å². The summed E-state index contributed by atoms with van der Waals surface area (Å²) in [6.07, 6.45) is 17.4. The van der Waals surface area contributed by atoms with E-state index in [4.69, 9.17) is 0 Å². The standard InChI is InChI=1S/C14H30N2.C11H23NO.C8H13NS.C4H8O/c1-4-6-14(8-7-13(3)5-2)16-11-9-15-10-12-16;1-10(8-9-12-3)6-4-5-7-11(2)13;1-3-4-7-5-10-6-8(7)9-2;1-2-3-4-5/h13-15H,4-12H2,1-3H3;10,12H,4-9H2,1-3H3;5-6,9H,3-4H2,1-2H3;4H,2-3H2,1H3. The van der Waals surface area contributed by atoms with Gasteiger partial charge in [0.05, 0.1) is 0 Å². The molecule has 3 N–H and O–H groups in total. The van der Waals surface area contributed by atoms with Crippen molar-refractivity contribution in [3.8, 4) is 0 Å². The molecule has 0 amide bonds. The zero-order chi connectivity index (χ0) is 33.4. The molecular formula is C37H74N4O2S. The van der Waals surface area contributed by atoms with Crippen LogP contribution in [0, 0.1) is 11.8 Å². The molecule has 0 aliphatic carbocycles. The summed E-state index contributed by atoms with van der Waals surface area (Å²) in [7, 11) is 3.96. The lowest BCUT2D eigenvalue weighted by Crippen LogP contribution is -2.48. The van der Waals surface area contributed by atoms with Gasteiger partial charge in [0, 0.05) is 63.2 Å². The molecule has 3 atom stereocenters. The van der Waals surface area contributed by atoms with Gasteiger partial charge < -0.3 is 25.5 Å². The molecule has 0 aromatic carbocycles. The third-order valence-corrected chi connectivity index (χ3v) is 9.07. The van der Waals surface area contributed by atoms with Crippen LogP contribution in [0.4, 0.5) is 5.69 Å². The molecule has 44 heavy (non-hydrogen) atoms. The lowest BCUT2D eigenvalue weighted by molar-refractivity contribution is -0.117. The predicted octanol–water partition coefficient (Wildman–Crippen LogP) is 9.00. The number of aldehydes is 1. The van der Waals surface area contributed by atoms with Crippen LogP contribution in [0.1, 0.15) is 138 Å². The van der Waals surface area contributed by atoms with Crippen LogP contribution in [0.5, 0.6) is 0 Å². The highest BCUT2D eigenvalue weighted by atomic mass is 32.1. The van der Waals surface area contributed by atoms with Crippen LogP contribution < -0.4 is 16.0 Å². The van der Waals surface area contributed by atoms with Gasteiger partial charge in [0.1, 0.15) is 12.1 Å². The van der Waals surface area contributed by atoms with Gasteiger partial charge in [0.25, 0.3) is 0 Å². The van der Waals surface area contributed by atoms with Gasteiger partial charge >= 0.3 is 0 Å². The van der Waals surface area contributed by atoms with E-state index in [0.717, 1.165) is 50.0 Å². The fourth-order valence-electron chi connectivity index (χ4n) is 5.10. The molecule has 7 heteroatoms. The number of Topliss-reactive ketones (excluding diaryl/α,β-unsaturated/α-hetero) is 1. The van der Waals surface area contributed by atoms with E-state index in [-0.39, 0.29) is 0 Å². The first-order valence-electron chi connectivity index (χ1n) is 18.0. The molecule has 1 aromatic rings. The highest BCUT2D eigenvalue weighted by molar-refractivity contribution is 7.08. The first-order chi connectivity index (χ1) is 21.2. The maximum atomic E-state index is 10.7. The molecule has 0 bridgehead atoms. The van der Waals surface area contributed by atoms with Crippen molar-refractivity contribution in [2.45, 2.75) is 144 Å². The monoisotopic (exact) mass is 639 g/mol. The molecule has 2 rings (SSSR count). The molecule has 1 aliphatic rings. The summed E-state index contributed by atoms with van der Waals surface area (Å²) in [4.78, 5) is 22.8. The Labute approximate surface area is 278 Å². The third kappa shape index (κ3) is 27.1. The number of carbonyl (C=O) groups excluding carboxylic acids is 2. The number of hydrogen-bond donors (Lipinski definition) is 3. The molecule has 1 aliphatic heterocycles. The van der Waals surface area contributed by atoms with Crippen molar-refractivity contribution in [1.29, 1.82) is 0 Å². The minimum atomic E-state index is 0.322. The summed E-state index contributed by atoms with van der Waals surface area (Å²) in [6.45, 7) is 21.1. The number of rotatable bonds is 20. The highest BCUT2D eigenvalue weighted by Gasteiger charge is 2.19. The summed E-state index contributed by atoms with van der Waals surface area (Å²) < 4.78 is 0. The van der Waals surface area contributed by atoms with Crippen molar-refractivity contribution >= 4 is 29.1 Å². The molecule has 1 fully saturated rings. The molecule has 2 heterocycles. The summed E-state index contributed by atoms with van der Waals surface area (Å²) in [5.41, 5.74) is 2.75. The molecule has 1 saturated heterocycles. The van der Waals surface area contributed by atoms with Crippen molar-refractivity contribution in [3.05, 3.63) is 16.3 Å². The molecular weight excluding hydrogens is 565 g/mol. The van der Waals surface area contributed by atoms with Gasteiger partial charge in [-0.05, 0) is 88.2 Å². The number of nitrogens with zero attached hydrogens (tertiary/aromatic N) is 1. The Bertz CT molecular complexity index is 752. The second-order valence-corrected chi connectivity index (χ2v) is 13.3. The van der Waals surface area contributed by atoms with Gasteiger partial charge in [-0.15, -0.1) is 11.3 Å². The van der Waals surface area contributed by atoms with E-state index in [9.17, 15) is 9.59 Å². The zero-order valence-corrected chi connectivity index (χ0v) is 31.4. The van der Waals surface area contributed by atoms with Crippen LogP contribution in [0.3, 0.4) is 0 Å². The first kappa shape index (κ1) is 44.8. The Morgan fingerprint density at radius 1 is 0.932 bits per heavy atom. The lowest BCUT2D eigenvalue weighted by Gasteiger charge is -2.35. The van der Waals surface area contributed by atoms with Crippen LogP contribution in [0.25, 0.3) is 0 Å². The zero-order valence-electron chi connectivity index (χ0n) is 30.6. The van der Waals surface area contributed by atoms with E-state index in [1.807, 2.05) is 21.0 Å². The summed E-state index contributed by atoms with van der Waals surface area (Å²) >= 11 is 1.77. The Hall–Kier alpha value is -1.28. The van der Waals surface area contributed by atoms with E-state index in [1.54, 1.807) is 18.3 Å². The van der Waals surface area contributed by atoms with Crippen molar-refractivity contribution in [2.75, 3.05) is 52.1 Å². The average molecular weight is 639 g/mol. The van der Waals surface area contributed by atoms with Crippen LogP contribution >= 0.6 is 11.3 Å². The van der Waals surface area contributed by atoms with Crippen LogP contribution in [0.15, 0.2) is 10.8 Å². The van der Waals surface area contributed by atoms with Crippen LogP contribution in [0.2, 0.25) is 0 Å². The number of aryl methyl sites for hydroxylation is 1. The summed E-state index contributed by atoms with van der Waals surface area (Å²) in [5.74, 6) is 2.02. The van der Waals surface area contributed by atoms with E-state index < -0.39 is 0 Å². The van der Waals surface area contributed by atoms with E-state index >= 15 is 0 Å². The topological polar surface area (TPSA) is 73.5 Å². The number of thiophene rings is 1. The molecule has 260 valence electrons. The quantitative estimate of drug-likeness (QED) is 0.0978. The number of piperazine rings is 1. The number of hydrogen-bond acceptors (Lipinski definition) is 7. The number of ketones is 1. The van der Waals surface area contributed by atoms with Crippen molar-refractivity contribution in [3.63, 3.8) is 0 Å². The molecule has 1 aromatic heterocycles. The maximum absolute atomic E-state index is 10.7. The minimum absolute atomic E-state index is 0.322. The largest absolute Gasteiger partial charge is 0.387 e. The van der Waals surface area contributed by atoms with Crippen LogP contribution in [-0.4, -0.2) is 69.8 Å². The van der Waals surface area contributed by atoms with E-state index in [1.165, 1.54) is 102 Å². The molecule has 0 spiro atoms. The van der Waals surface area contributed by atoms with Gasteiger partial charge in [0.2, 0.25) is 0 Å². The van der Waals surface area contributed by atoms with Gasteiger partial charge in [-0.25, -0.2) is 0 Å². The van der Waals surface area contributed by atoms with Gasteiger partial charge in [-0.2, -0.15) is 0 Å². The number of unbranched alkanes of at least 4 members (excludes halogenated alkanes) is 2. The van der Waals surface area contributed by atoms with Gasteiger partial charge in [-0.1, -0.05) is 73.6 Å². The lowest BCUT2D eigenvalue weighted by atomic mass is 9.96. The minimum Gasteiger partial charge on any atom is -0.387 e. The summed E-state index contributed by atoms with van der Waals surface area (Å²) in [5, 5.41) is 14.1. The number of nitrogens with one attached hydrogen (secondary N) is 3. The Morgan fingerprint density at radius 3 is 2.14 bits per heavy atom. The molecule has 3 unspecified atom stereocenters. The second-order valence-electron chi connectivity index (χ2n) is 12.5. The first-order valence-corrected chi connectivity index (χ1v) is 18.9. The normalized spacial score (nSPS) is 14.8. The Morgan fingerprint density at radius 2 is 1.64 bits per heavy atom. The Kier molecular flexibility index (Phi) is 33.7. The van der Waals surface area contributed by atoms with Crippen LogP contribution in [-0.2, 0) is 16.0 Å². The van der Waals surface area contributed by atoms with Crippen molar-refractivity contribution < 1.29 is 9.59 Å². The maximum Gasteiger partial charge on any atom is 0.129 e. The van der Waals surface area contributed by atoms with E-state index in [2.05, 4.69) is 66.2 Å². The predicted molar refractivity (Wildman–Crippen MR) is 198 cm³/mol. The fourth-order valence-corrected chi connectivity index (χ4v) is 5.98. The smallest absolute Gasteiger partial charge is 0.129 e. The Balaban J connectivity index is 0. The summed E-state index contributed by atoms with van der Waals surface area (Å²) in [6, 6.07) is 0.848. The third-order valence-electron chi connectivity index (χ3n) is 8.28.